The van der Waals surface area contributed by atoms with Crippen molar-refractivity contribution in [2.75, 3.05) is 0 Å². The van der Waals surface area contributed by atoms with E-state index in [1.165, 1.54) is 119 Å². The molecule has 0 spiro atoms. The summed E-state index contributed by atoms with van der Waals surface area (Å²) in [6.07, 6.45) is 0. The molecule has 0 N–H and O–H groups in total. The molecule has 57 heavy (non-hydrogen) atoms. The highest BCUT2D eigenvalue weighted by atomic mass is 32.1. The molecule has 3 heteroatoms. The van der Waals surface area contributed by atoms with Gasteiger partial charge in [0, 0.05) is 63.9 Å². The van der Waals surface area contributed by atoms with Gasteiger partial charge in [0.05, 0.1) is 22.1 Å². The molecule has 13 aromatic rings. The molecule has 0 aliphatic rings. The Balaban J connectivity index is 1.08. The summed E-state index contributed by atoms with van der Waals surface area (Å²) in [5.41, 5.74) is 9.76. The Hall–Kier alpha value is -7.20. The van der Waals surface area contributed by atoms with Crippen LogP contribution in [0.5, 0.6) is 0 Å². The summed E-state index contributed by atoms with van der Waals surface area (Å²) in [6, 6.07) is 71.8. The zero-order valence-corrected chi connectivity index (χ0v) is 31.6. The van der Waals surface area contributed by atoms with Gasteiger partial charge in [0.2, 0.25) is 0 Å². The molecule has 0 amide bonds. The third kappa shape index (κ3) is 4.29. The van der Waals surface area contributed by atoms with Crippen LogP contribution in [0.15, 0.2) is 194 Å². The topological polar surface area (TPSA) is 9.86 Å². The molecule has 13 rings (SSSR count). The minimum atomic E-state index is 1.17. The second-order valence-corrected chi connectivity index (χ2v) is 16.3. The van der Waals surface area contributed by atoms with Crippen LogP contribution in [0.4, 0.5) is 0 Å². The maximum atomic E-state index is 2.49. The van der Waals surface area contributed by atoms with Crippen LogP contribution in [0.1, 0.15) is 0 Å². The second-order valence-electron chi connectivity index (χ2n) is 15.2. The van der Waals surface area contributed by atoms with Crippen LogP contribution < -0.4 is 0 Å². The number of fused-ring (bicyclic) bond motifs is 17. The van der Waals surface area contributed by atoms with Crippen LogP contribution in [-0.4, -0.2) is 9.13 Å². The van der Waals surface area contributed by atoms with Gasteiger partial charge in [-0.2, -0.15) is 0 Å². The molecule has 10 aromatic carbocycles. The van der Waals surface area contributed by atoms with E-state index in [4.69, 9.17) is 0 Å². The fraction of sp³-hybridized carbons (Fsp3) is 0. The molecule has 0 bridgehead atoms. The van der Waals surface area contributed by atoms with Crippen LogP contribution in [0, 0.1) is 0 Å². The Kier molecular flexibility index (Phi) is 6.35. The molecule has 0 radical (unpaired) electrons. The Bertz CT molecular complexity index is 3790. The summed E-state index contributed by atoms with van der Waals surface area (Å²) < 4.78 is 7.60. The lowest BCUT2D eigenvalue weighted by Gasteiger charge is -2.12. The smallest absolute Gasteiger partial charge is 0.0633 e. The number of thiophene rings is 1. The quantitative estimate of drug-likeness (QED) is 0.160. The van der Waals surface area contributed by atoms with Crippen molar-refractivity contribution in [2.24, 2.45) is 0 Å². The number of nitrogens with zero attached hydrogens (tertiary/aromatic N) is 2. The van der Waals surface area contributed by atoms with Gasteiger partial charge >= 0.3 is 0 Å². The monoisotopic (exact) mass is 740 g/mol. The molecular formula is C54H32N2S. The minimum absolute atomic E-state index is 1.17. The van der Waals surface area contributed by atoms with E-state index in [0.717, 1.165) is 0 Å². The molecule has 0 aliphatic heterocycles. The zero-order chi connectivity index (χ0) is 37.2. The van der Waals surface area contributed by atoms with Gasteiger partial charge in [-0.1, -0.05) is 146 Å². The van der Waals surface area contributed by atoms with E-state index in [-0.39, 0.29) is 0 Å². The third-order valence-corrected chi connectivity index (χ3v) is 13.5. The molecule has 0 saturated heterocycles. The normalized spacial score (nSPS) is 12.2. The number of aromatic nitrogens is 2. The maximum Gasteiger partial charge on any atom is 0.0633 e. The molecule has 0 fully saturated rings. The molecule has 0 atom stereocenters. The van der Waals surface area contributed by atoms with Crippen LogP contribution >= 0.6 is 11.3 Å². The van der Waals surface area contributed by atoms with Gasteiger partial charge < -0.3 is 9.13 Å². The van der Waals surface area contributed by atoms with Gasteiger partial charge in [-0.15, -0.1) is 11.3 Å². The SMILES string of the molecule is c1ccc(-n2c3cc(-c4ccc5sc6c(ccc7ccc8c9ccccc9n(-c9ccccc9)c8c76)c5c4)ccc3c3c4ccccc4c4ccccc4c32)cc1. The van der Waals surface area contributed by atoms with Gasteiger partial charge in [-0.25, -0.2) is 0 Å². The molecule has 264 valence electrons. The zero-order valence-electron chi connectivity index (χ0n) is 30.8. The lowest BCUT2D eigenvalue weighted by atomic mass is 9.96. The number of para-hydroxylation sites is 3. The average molecular weight is 741 g/mol. The highest BCUT2D eigenvalue weighted by molar-refractivity contribution is 7.26. The van der Waals surface area contributed by atoms with E-state index in [9.17, 15) is 0 Å². The van der Waals surface area contributed by atoms with Crippen molar-refractivity contribution in [3.8, 4) is 22.5 Å². The van der Waals surface area contributed by atoms with Crippen LogP contribution in [0.25, 0.3) is 119 Å². The standard InChI is InChI=1S/C54H32N2S/c1-3-13-36(14-4-1)55-47-22-12-11-19-40(47)43-27-23-33-24-28-44-46-31-34(26-30-49(46)57-54(44)50(33)52(43)55)35-25-29-45-48(32-35)56(37-15-5-2-6-16-37)53-42-21-10-8-18-39(42)38-17-7-9-20-41(38)51(45)53/h1-32H. The fourth-order valence-corrected chi connectivity index (χ4v) is 11.1. The molecule has 3 aromatic heterocycles. The van der Waals surface area contributed by atoms with E-state index < -0.39 is 0 Å². The van der Waals surface area contributed by atoms with Gasteiger partial charge in [0.25, 0.3) is 0 Å². The highest BCUT2D eigenvalue weighted by Crippen LogP contribution is 2.46. The Labute approximate surface area is 331 Å². The second kappa shape index (κ2) is 11.7. The molecular weight excluding hydrogens is 709 g/mol. The first-order valence-corrected chi connectivity index (χ1v) is 20.4. The summed E-state index contributed by atoms with van der Waals surface area (Å²) in [5, 5.41) is 15.5. The predicted molar refractivity (Wildman–Crippen MR) is 246 cm³/mol. The maximum absolute atomic E-state index is 2.49. The van der Waals surface area contributed by atoms with Crippen LogP contribution in [-0.2, 0) is 0 Å². The number of hydrogen-bond donors (Lipinski definition) is 0. The molecule has 2 nitrogen and oxygen atoms in total. The lowest BCUT2D eigenvalue weighted by molar-refractivity contribution is 1.19. The minimum Gasteiger partial charge on any atom is -0.309 e. The average Bonchev–Trinajstić information content (AvgIpc) is 3.95. The predicted octanol–water partition coefficient (Wildman–Crippen LogP) is 15.4. The summed E-state index contributed by atoms with van der Waals surface area (Å²) in [4.78, 5) is 0. The Morgan fingerprint density at radius 1 is 0.316 bits per heavy atom. The van der Waals surface area contributed by atoms with Crippen molar-refractivity contribution >= 4 is 107 Å². The summed E-state index contributed by atoms with van der Waals surface area (Å²) >= 11 is 1.91. The summed E-state index contributed by atoms with van der Waals surface area (Å²) in [7, 11) is 0. The van der Waals surface area contributed by atoms with E-state index in [1.807, 2.05) is 11.3 Å². The molecule has 3 heterocycles. The van der Waals surface area contributed by atoms with Gasteiger partial charge in [-0.05, 0) is 81.2 Å². The lowest BCUT2D eigenvalue weighted by Crippen LogP contribution is -1.94. The summed E-state index contributed by atoms with van der Waals surface area (Å²) in [5.74, 6) is 0. The number of benzene rings is 10. The van der Waals surface area contributed by atoms with Crippen molar-refractivity contribution in [3.05, 3.63) is 194 Å². The first-order chi connectivity index (χ1) is 28.3. The van der Waals surface area contributed by atoms with E-state index >= 15 is 0 Å². The molecule has 0 aliphatic carbocycles. The van der Waals surface area contributed by atoms with E-state index in [2.05, 4.69) is 203 Å². The van der Waals surface area contributed by atoms with E-state index in [0.29, 0.717) is 0 Å². The highest BCUT2D eigenvalue weighted by Gasteiger charge is 2.21. The van der Waals surface area contributed by atoms with Gasteiger partial charge in [0.1, 0.15) is 0 Å². The van der Waals surface area contributed by atoms with Crippen molar-refractivity contribution in [3.63, 3.8) is 0 Å². The van der Waals surface area contributed by atoms with Crippen molar-refractivity contribution in [1.82, 2.24) is 9.13 Å². The Morgan fingerprint density at radius 3 is 1.60 bits per heavy atom. The van der Waals surface area contributed by atoms with Crippen molar-refractivity contribution in [1.29, 1.82) is 0 Å². The fourth-order valence-electron chi connectivity index (χ4n) is 9.82. The van der Waals surface area contributed by atoms with Gasteiger partial charge in [-0.3, -0.25) is 0 Å². The third-order valence-electron chi connectivity index (χ3n) is 12.3. The number of rotatable bonds is 3. The van der Waals surface area contributed by atoms with E-state index in [1.54, 1.807) is 0 Å². The number of hydrogen-bond acceptors (Lipinski definition) is 1. The van der Waals surface area contributed by atoms with Crippen LogP contribution in [0.2, 0.25) is 0 Å². The van der Waals surface area contributed by atoms with Crippen LogP contribution in [0.3, 0.4) is 0 Å². The molecule has 0 unspecified atom stereocenters. The van der Waals surface area contributed by atoms with Crippen molar-refractivity contribution in [2.45, 2.75) is 0 Å². The van der Waals surface area contributed by atoms with Crippen molar-refractivity contribution < 1.29 is 0 Å². The largest absolute Gasteiger partial charge is 0.309 e. The van der Waals surface area contributed by atoms with Gasteiger partial charge in [0.15, 0.2) is 0 Å². The molecule has 0 saturated carbocycles. The first kappa shape index (κ1) is 31.1. The Morgan fingerprint density at radius 2 is 0.842 bits per heavy atom. The summed E-state index contributed by atoms with van der Waals surface area (Å²) in [6.45, 7) is 0. The first-order valence-electron chi connectivity index (χ1n) is 19.6.